The fourth-order valence-corrected chi connectivity index (χ4v) is 2.88. The van der Waals surface area contributed by atoms with Crippen molar-refractivity contribution in [2.45, 2.75) is 31.2 Å². The summed E-state index contributed by atoms with van der Waals surface area (Å²) in [6.07, 6.45) is 2.89. The van der Waals surface area contributed by atoms with Crippen LogP contribution >= 0.6 is 11.9 Å². The molecular formula is C19H23N3O2S. The Morgan fingerprint density at radius 2 is 2.04 bits per heavy atom. The molecule has 0 atom stereocenters. The highest BCUT2D eigenvalue weighted by molar-refractivity contribution is 7.97. The topological polar surface area (TPSA) is 63.2 Å². The molecule has 1 aliphatic rings. The van der Waals surface area contributed by atoms with Crippen LogP contribution in [0.3, 0.4) is 0 Å². The molecule has 0 saturated heterocycles. The minimum absolute atomic E-state index is 0.110. The number of pyridine rings is 1. The minimum atomic E-state index is 0.110. The van der Waals surface area contributed by atoms with Crippen LogP contribution < -0.4 is 14.8 Å². The van der Waals surface area contributed by atoms with Crippen molar-refractivity contribution in [1.82, 2.24) is 9.71 Å². The van der Waals surface area contributed by atoms with Crippen molar-refractivity contribution in [3.63, 3.8) is 0 Å². The van der Waals surface area contributed by atoms with Gasteiger partial charge in [0.15, 0.2) is 0 Å². The monoisotopic (exact) mass is 357 g/mol. The lowest BCUT2D eigenvalue weighted by molar-refractivity contribution is -0.120. The zero-order valence-corrected chi connectivity index (χ0v) is 15.1. The first-order valence-corrected chi connectivity index (χ1v) is 9.39. The maximum Gasteiger partial charge on any atom is 0.233 e. The maximum atomic E-state index is 11.7. The molecule has 5 nitrogen and oxygen atoms in total. The summed E-state index contributed by atoms with van der Waals surface area (Å²) >= 11 is 1.28. The fourth-order valence-electron chi connectivity index (χ4n) is 2.21. The predicted molar refractivity (Wildman–Crippen MR) is 101 cm³/mol. The Kier molecular flexibility index (Phi) is 6.17. The van der Waals surface area contributed by atoms with E-state index in [0.29, 0.717) is 6.61 Å². The molecule has 0 aliphatic heterocycles. The third kappa shape index (κ3) is 5.98. The molecule has 1 saturated carbocycles. The van der Waals surface area contributed by atoms with Gasteiger partial charge in [-0.05, 0) is 50.5 Å². The van der Waals surface area contributed by atoms with E-state index in [1.807, 2.05) is 42.5 Å². The van der Waals surface area contributed by atoms with Crippen molar-refractivity contribution >= 4 is 23.7 Å². The molecule has 0 spiro atoms. The summed E-state index contributed by atoms with van der Waals surface area (Å²) in [4.78, 5) is 16.1. The van der Waals surface area contributed by atoms with E-state index < -0.39 is 0 Å². The van der Waals surface area contributed by atoms with Crippen molar-refractivity contribution in [2.24, 2.45) is 5.92 Å². The Hall–Kier alpha value is -2.21. The van der Waals surface area contributed by atoms with E-state index >= 15 is 0 Å². The summed E-state index contributed by atoms with van der Waals surface area (Å²) < 4.78 is 8.56. The van der Waals surface area contributed by atoms with E-state index in [1.54, 1.807) is 0 Å². The first-order chi connectivity index (χ1) is 12.2. The number of nitrogens with one attached hydrogen (secondary N) is 2. The van der Waals surface area contributed by atoms with Gasteiger partial charge >= 0.3 is 0 Å². The number of rotatable bonds is 9. The van der Waals surface area contributed by atoms with Crippen molar-refractivity contribution in [1.29, 1.82) is 0 Å². The zero-order valence-electron chi connectivity index (χ0n) is 14.3. The number of carbonyl (C=O) groups is 1. The van der Waals surface area contributed by atoms with Crippen LogP contribution in [0.2, 0.25) is 0 Å². The number of anilines is 1. The van der Waals surface area contributed by atoms with Crippen LogP contribution in [-0.2, 0) is 4.79 Å². The molecule has 1 amide bonds. The van der Waals surface area contributed by atoms with E-state index in [9.17, 15) is 4.79 Å². The number of ether oxygens (including phenoxy) is 1. The van der Waals surface area contributed by atoms with E-state index in [-0.39, 0.29) is 11.8 Å². The second kappa shape index (κ2) is 8.76. The number of hydrogen-bond acceptors (Lipinski definition) is 5. The Balaban J connectivity index is 1.35. The number of amides is 1. The first-order valence-electron chi connectivity index (χ1n) is 8.58. The molecule has 1 aromatic heterocycles. The number of aryl methyl sites for hydroxylation is 1. The molecule has 132 valence electrons. The van der Waals surface area contributed by atoms with Gasteiger partial charge in [0.05, 0.1) is 6.61 Å². The average Bonchev–Trinajstić information content (AvgIpc) is 3.47. The molecule has 2 N–H and O–H groups in total. The van der Waals surface area contributed by atoms with Crippen molar-refractivity contribution < 1.29 is 9.53 Å². The van der Waals surface area contributed by atoms with Gasteiger partial charge in [-0.25, -0.2) is 4.98 Å². The smallest absolute Gasteiger partial charge is 0.233 e. The van der Waals surface area contributed by atoms with E-state index in [1.165, 1.54) is 17.5 Å². The molecule has 0 bridgehead atoms. The Bertz CT molecular complexity index is 702. The van der Waals surface area contributed by atoms with Crippen molar-refractivity contribution in [2.75, 3.05) is 18.5 Å². The molecule has 1 fully saturated rings. The Labute approximate surface area is 152 Å². The number of carbonyl (C=O) groups excluding carboxylic acids is 1. The lowest BCUT2D eigenvalue weighted by atomic mass is 10.2. The van der Waals surface area contributed by atoms with E-state index in [4.69, 9.17) is 4.74 Å². The number of hydrogen-bond donors (Lipinski definition) is 2. The Morgan fingerprint density at radius 1 is 1.24 bits per heavy atom. The van der Waals surface area contributed by atoms with Crippen LogP contribution in [0.5, 0.6) is 5.75 Å². The molecule has 1 heterocycles. The van der Waals surface area contributed by atoms with Gasteiger partial charge in [0.2, 0.25) is 5.91 Å². The lowest BCUT2D eigenvalue weighted by Crippen LogP contribution is -2.17. The second-order valence-corrected chi connectivity index (χ2v) is 6.97. The maximum absolute atomic E-state index is 11.7. The highest BCUT2D eigenvalue weighted by Crippen LogP contribution is 2.30. The fraction of sp³-hybridized carbons (Fsp3) is 0.368. The molecule has 0 unspecified atom stereocenters. The van der Waals surface area contributed by atoms with Gasteiger partial charge in [-0.3, -0.25) is 9.52 Å². The average molecular weight is 357 g/mol. The van der Waals surface area contributed by atoms with Crippen LogP contribution in [0.4, 0.5) is 5.82 Å². The standard InChI is InChI=1S/C19H23N3O2S/c1-14-6-10-16(11-7-14)24-13-3-12-20-17-4-2-5-18(21-17)25-22-19(23)15-8-9-15/h2,4-7,10-11,15H,3,8-9,12-13H2,1H3,(H,20,21)(H,22,23). The lowest BCUT2D eigenvalue weighted by Gasteiger charge is -2.09. The van der Waals surface area contributed by atoms with Gasteiger partial charge in [-0.15, -0.1) is 0 Å². The van der Waals surface area contributed by atoms with Gasteiger partial charge < -0.3 is 10.1 Å². The first kappa shape index (κ1) is 17.6. The van der Waals surface area contributed by atoms with Crippen LogP contribution in [0, 0.1) is 12.8 Å². The number of aromatic nitrogens is 1. The quantitative estimate of drug-likeness (QED) is 0.528. The van der Waals surface area contributed by atoms with Gasteiger partial charge in [0, 0.05) is 24.4 Å². The molecule has 1 aromatic carbocycles. The Morgan fingerprint density at radius 3 is 2.80 bits per heavy atom. The molecule has 3 rings (SSSR count). The van der Waals surface area contributed by atoms with Crippen LogP contribution in [-0.4, -0.2) is 24.0 Å². The van der Waals surface area contributed by atoms with Crippen LogP contribution in [0.25, 0.3) is 0 Å². The highest BCUT2D eigenvalue weighted by Gasteiger charge is 2.29. The third-order valence-electron chi connectivity index (χ3n) is 3.84. The van der Waals surface area contributed by atoms with E-state index in [0.717, 1.165) is 42.4 Å². The largest absolute Gasteiger partial charge is 0.494 e. The number of benzene rings is 1. The van der Waals surface area contributed by atoms with Crippen molar-refractivity contribution in [3.8, 4) is 5.75 Å². The van der Waals surface area contributed by atoms with E-state index in [2.05, 4.69) is 21.9 Å². The molecule has 6 heteroatoms. The number of nitrogens with zero attached hydrogens (tertiary/aromatic N) is 1. The summed E-state index contributed by atoms with van der Waals surface area (Å²) in [5, 5.41) is 4.07. The predicted octanol–water partition coefficient (Wildman–Crippen LogP) is 3.80. The summed E-state index contributed by atoms with van der Waals surface area (Å²) in [6.45, 7) is 3.49. The summed E-state index contributed by atoms with van der Waals surface area (Å²) in [6, 6.07) is 13.8. The SMILES string of the molecule is Cc1ccc(OCCCNc2cccc(SNC(=O)C3CC3)n2)cc1. The molecule has 25 heavy (non-hydrogen) atoms. The molecule has 0 radical (unpaired) electrons. The van der Waals surface area contributed by atoms with Gasteiger partial charge in [0.1, 0.15) is 16.6 Å². The normalized spacial score (nSPS) is 13.3. The van der Waals surface area contributed by atoms with Crippen molar-refractivity contribution in [3.05, 3.63) is 48.0 Å². The summed E-state index contributed by atoms with van der Waals surface area (Å²) in [5.74, 6) is 2.02. The highest BCUT2D eigenvalue weighted by atomic mass is 32.2. The minimum Gasteiger partial charge on any atom is -0.494 e. The van der Waals surface area contributed by atoms with Gasteiger partial charge in [0.25, 0.3) is 0 Å². The second-order valence-electron chi connectivity index (χ2n) is 6.15. The van der Waals surface area contributed by atoms with Gasteiger partial charge in [-0.1, -0.05) is 23.8 Å². The van der Waals surface area contributed by atoms with Gasteiger partial charge in [-0.2, -0.15) is 0 Å². The van der Waals surface area contributed by atoms with Crippen LogP contribution in [0.1, 0.15) is 24.8 Å². The third-order valence-corrected chi connectivity index (χ3v) is 4.58. The van der Waals surface area contributed by atoms with Crippen LogP contribution in [0.15, 0.2) is 47.5 Å². The molecule has 2 aromatic rings. The zero-order chi connectivity index (χ0) is 17.5. The summed E-state index contributed by atoms with van der Waals surface area (Å²) in [7, 11) is 0. The molecule has 1 aliphatic carbocycles. The summed E-state index contributed by atoms with van der Waals surface area (Å²) in [5.41, 5.74) is 1.23. The molecular weight excluding hydrogens is 334 g/mol.